The molecular weight excluding hydrogens is 279 g/mol. The van der Waals surface area contributed by atoms with Crippen LogP contribution in [0, 0.1) is 5.82 Å². The third-order valence-electron chi connectivity index (χ3n) is 4.69. The molecule has 0 spiro atoms. The van der Waals surface area contributed by atoms with E-state index in [0.717, 1.165) is 31.2 Å². The van der Waals surface area contributed by atoms with Crippen molar-refractivity contribution in [3.8, 4) is 0 Å². The minimum Gasteiger partial charge on any atom is -0.478 e. The number of carbonyl (C=O) groups is 1. The summed E-state index contributed by atoms with van der Waals surface area (Å²) in [7, 11) is 0. The van der Waals surface area contributed by atoms with Gasteiger partial charge in [0.1, 0.15) is 5.82 Å². The first-order valence-corrected chi connectivity index (χ1v) is 7.73. The topological polar surface area (TPSA) is 37.3 Å². The number of rotatable bonds is 3. The Morgan fingerprint density at radius 1 is 0.909 bits per heavy atom. The highest BCUT2D eigenvalue weighted by molar-refractivity contribution is 5.87. The maximum Gasteiger partial charge on any atom is 0.338 e. The van der Waals surface area contributed by atoms with E-state index >= 15 is 0 Å². The van der Waals surface area contributed by atoms with Crippen LogP contribution in [0.4, 0.5) is 4.39 Å². The average Bonchev–Trinajstić information content (AvgIpc) is 2.55. The fraction of sp³-hybridized carbons (Fsp3) is 0.316. The normalized spacial score (nSPS) is 21.5. The molecule has 3 rings (SSSR count). The molecule has 0 heterocycles. The van der Waals surface area contributed by atoms with Gasteiger partial charge in [0, 0.05) is 0 Å². The Balaban J connectivity index is 1.69. The molecule has 0 saturated heterocycles. The molecule has 2 aromatic carbocycles. The van der Waals surface area contributed by atoms with Crippen LogP contribution in [0.25, 0.3) is 0 Å². The Kier molecular flexibility index (Phi) is 4.23. The molecule has 2 aromatic rings. The second-order valence-corrected chi connectivity index (χ2v) is 6.00. The molecule has 2 nitrogen and oxygen atoms in total. The zero-order chi connectivity index (χ0) is 15.5. The Labute approximate surface area is 129 Å². The Morgan fingerprint density at radius 2 is 1.50 bits per heavy atom. The van der Waals surface area contributed by atoms with Gasteiger partial charge in [-0.25, -0.2) is 9.18 Å². The van der Waals surface area contributed by atoms with Crippen molar-refractivity contribution in [2.24, 2.45) is 0 Å². The van der Waals surface area contributed by atoms with Gasteiger partial charge in [-0.15, -0.1) is 0 Å². The number of carboxylic acid groups (broad SMARTS) is 1. The van der Waals surface area contributed by atoms with Crippen molar-refractivity contribution in [2.75, 3.05) is 0 Å². The first-order chi connectivity index (χ1) is 10.6. The first-order valence-electron chi connectivity index (χ1n) is 7.73. The SMILES string of the molecule is O=C(O)c1ccc(C2CCC(c3ccccc3)CC2)cc1F. The molecule has 1 saturated carbocycles. The van der Waals surface area contributed by atoms with Crippen LogP contribution in [-0.2, 0) is 0 Å². The predicted molar refractivity (Wildman–Crippen MR) is 83.8 cm³/mol. The van der Waals surface area contributed by atoms with Crippen molar-refractivity contribution < 1.29 is 14.3 Å². The van der Waals surface area contributed by atoms with Gasteiger partial charge in [0.2, 0.25) is 0 Å². The molecule has 1 aliphatic rings. The van der Waals surface area contributed by atoms with Gasteiger partial charge in [0.15, 0.2) is 0 Å². The lowest BCUT2D eigenvalue weighted by Crippen LogP contribution is -2.13. The van der Waals surface area contributed by atoms with Crippen LogP contribution in [0.3, 0.4) is 0 Å². The van der Waals surface area contributed by atoms with E-state index < -0.39 is 11.8 Å². The largest absolute Gasteiger partial charge is 0.478 e. The summed E-state index contributed by atoms with van der Waals surface area (Å²) in [6, 6.07) is 15.1. The summed E-state index contributed by atoms with van der Waals surface area (Å²) in [6.07, 6.45) is 4.23. The van der Waals surface area contributed by atoms with Crippen LogP contribution in [0.1, 0.15) is 59.0 Å². The molecule has 0 amide bonds. The monoisotopic (exact) mass is 298 g/mol. The maximum atomic E-state index is 13.8. The number of aromatic carboxylic acids is 1. The average molecular weight is 298 g/mol. The minimum absolute atomic E-state index is 0.248. The summed E-state index contributed by atoms with van der Waals surface area (Å²) in [6.45, 7) is 0. The van der Waals surface area contributed by atoms with Gasteiger partial charge in [0.25, 0.3) is 0 Å². The quantitative estimate of drug-likeness (QED) is 0.869. The highest BCUT2D eigenvalue weighted by atomic mass is 19.1. The van der Waals surface area contributed by atoms with Gasteiger partial charge in [-0.3, -0.25) is 0 Å². The molecule has 114 valence electrons. The first kappa shape index (κ1) is 14.8. The van der Waals surface area contributed by atoms with Gasteiger partial charge in [-0.05, 0) is 60.8 Å². The summed E-state index contributed by atoms with van der Waals surface area (Å²) in [5.74, 6) is -0.926. The lowest BCUT2D eigenvalue weighted by molar-refractivity contribution is 0.0692. The van der Waals surface area contributed by atoms with Gasteiger partial charge >= 0.3 is 5.97 Å². The molecule has 0 aliphatic heterocycles. The number of carboxylic acids is 1. The molecule has 22 heavy (non-hydrogen) atoms. The second-order valence-electron chi connectivity index (χ2n) is 6.00. The molecule has 0 atom stereocenters. The molecule has 1 aliphatic carbocycles. The molecule has 0 bridgehead atoms. The van der Waals surface area contributed by atoms with E-state index in [4.69, 9.17) is 5.11 Å². The number of hydrogen-bond acceptors (Lipinski definition) is 1. The molecule has 1 fully saturated rings. The smallest absolute Gasteiger partial charge is 0.338 e. The third-order valence-corrected chi connectivity index (χ3v) is 4.69. The Bertz CT molecular complexity index is 658. The third kappa shape index (κ3) is 3.03. The standard InChI is InChI=1S/C19H19FO2/c20-18-12-16(10-11-17(18)19(21)22)15-8-6-14(7-9-15)13-4-2-1-3-5-13/h1-5,10-12,14-15H,6-9H2,(H,21,22). The van der Waals surface area contributed by atoms with Gasteiger partial charge in [-0.1, -0.05) is 36.4 Å². The van der Waals surface area contributed by atoms with Gasteiger partial charge in [-0.2, -0.15) is 0 Å². The van der Waals surface area contributed by atoms with E-state index in [9.17, 15) is 9.18 Å². The lowest BCUT2D eigenvalue weighted by Gasteiger charge is -2.29. The molecule has 0 unspecified atom stereocenters. The van der Waals surface area contributed by atoms with Crippen molar-refractivity contribution in [3.05, 3.63) is 71.0 Å². The van der Waals surface area contributed by atoms with Gasteiger partial charge in [0.05, 0.1) is 5.56 Å². The summed E-state index contributed by atoms with van der Waals surface area (Å²) in [5, 5.41) is 8.89. The van der Waals surface area contributed by atoms with Crippen molar-refractivity contribution in [1.29, 1.82) is 0 Å². The van der Waals surface area contributed by atoms with Crippen LogP contribution in [-0.4, -0.2) is 11.1 Å². The van der Waals surface area contributed by atoms with Crippen LogP contribution in [0.5, 0.6) is 0 Å². The minimum atomic E-state index is -1.21. The second kappa shape index (κ2) is 6.30. The Morgan fingerprint density at radius 3 is 2.05 bits per heavy atom. The van der Waals surface area contributed by atoms with Crippen molar-refractivity contribution in [3.63, 3.8) is 0 Å². The summed E-state index contributed by atoms with van der Waals surface area (Å²) < 4.78 is 13.8. The fourth-order valence-corrected chi connectivity index (χ4v) is 3.44. The van der Waals surface area contributed by atoms with Crippen LogP contribution in [0.2, 0.25) is 0 Å². The van der Waals surface area contributed by atoms with E-state index in [1.165, 1.54) is 17.7 Å². The number of benzene rings is 2. The summed E-state index contributed by atoms with van der Waals surface area (Å²) in [4.78, 5) is 10.9. The lowest BCUT2D eigenvalue weighted by atomic mass is 9.76. The van der Waals surface area contributed by atoms with E-state index in [1.807, 2.05) is 6.07 Å². The maximum absolute atomic E-state index is 13.8. The predicted octanol–water partition coefficient (Wildman–Crippen LogP) is 4.97. The van der Waals surface area contributed by atoms with E-state index in [-0.39, 0.29) is 5.56 Å². The fourth-order valence-electron chi connectivity index (χ4n) is 3.44. The Hall–Kier alpha value is -2.16. The van der Waals surface area contributed by atoms with E-state index in [1.54, 1.807) is 6.07 Å². The van der Waals surface area contributed by atoms with Crippen LogP contribution < -0.4 is 0 Å². The molecule has 3 heteroatoms. The number of halogens is 1. The molecule has 0 radical (unpaired) electrons. The number of hydrogen-bond donors (Lipinski definition) is 1. The zero-order valence-corrected chi connectivity index (χ0v) is 12.3. The van der Waals surface area contributed by atoms with Crippen molar-refractivity contribution in [1.82, 2.24) is 0 Å². The van der Waals surface area contributed by atoms with Crippen LogP contribution in [0.15, 0.2) is 48.5 Å². The van der Waals surface area contributed by atoms with Crippen molar-refractivity contribution >= 4 is 5.97 Å². The molecule has 1 N–H and O–H groups in total. The molecular formula is C19H19FO2. The highest BCUT2D eigenvalue weighted by Crippen LogP contribution is 2.40. The van der Waals surface area contributed by atoms with E-state index in [2.05, 4.69) is 24.3 Å². The van der Waals surface area contributed by atoms with Crippen LogP contribution >= 0.6 is 0 Å². The summed E-state index contributed by atoms with van der Waals surface area (Å²) in [5.41, 5.74) is 2.06. The zero-order valence-electron chi connectivity index (χ0n) is 12.3. The highest BCUT2D eigenvalue weighted by Gasteiger charge is 2.24. The van der Waals surface area contributed by atoms with Gasteiger partial charge < -0.3 is 5.11 Å². The summed E-state index contributed by atoms with van der Waals surface area (Å²) >= 11 is 0. The van der Waals surface area contributed by atoms with E-state index in [0.29, 0.717) is 11.8 Å². The van der Waals surface area contributed by atoms with Crippen molar-refractivity contribution in [2.45, 2.75) is 37.5 Å². The molecule has 0 aromatic heterocycles.